The number of pyridine rings is 2. The monoisotopic (exact) mass is 374 g/mol. The normalized spacial score (nSPS) is 17.6. The summed E-state index contributed by atoms with van der Waals surface area (Å²) in [5, 5.41) is 8.21. The molecule has 0 unspecified atom stereocenters. The van der Waals surface area contributed by atoms with Gasteiger partial charge in [-0.3, -0.25) is 9.69 Å². The highest BCUT2D eigenvalue weighted by Gasteiger charge is 2.24. The molecule has 0 saturated carbocycles. The van der Waals surface area contributed by atoms with Crippen molar-refractivity contribution in [1.29, 1.82) is 0 Å². The minimum Gasteiger partial charge on any atom is -0.357 e. The lowest BCUT2D eigenvalue weighted by molar-refractivity contribution is 0.102. The number of aromatic amines is 1. The van der Waals surface area contributed by atoms with Gasteiger partial charge in [-0.2, -0.15) is 5.10 Å². The van der Waals surface area contributed by atoms with Crippen LogP contribution in [0.4, 0.5) is 5.82 Å². The zero-order valence-electron chi connectivity index (χ0n) is 15.9. The number of fused-ring (bicyclic) bond motifs is 2. The molecule has 0 radical (unpaired) electrons. The molecule has 1 fully saturated rings. The van der Waals surface area contributed by atoms with Crippen molar-refractivity contribution in [2.24, 2.45) is 0 Å². The van der Waals surface area contributed by atoms with Crippen molar-refractivity contribution in [3.63, 3.8) is 0 Å². The largest absolute Gasteiger partial charge is 0.357 e. The van der Waals surface area contributed by atoms with Gasteiger partial charge in [0.15, 0.2) is 0 Å². The summed E-state index contributed by atoms with van der Waals surface area (Å²) < 4.78 is 1.72. The Hall–Kier alpha value is -3.19. The van der Waals surface area contributed by atoms with Crippen LogP contribution in [0.2, 0.25) is 0 Å². The van der Waals surface area contributed by atoms with Gasteiger partial charge < -0.3 is 10.3 Å². The van der Waals surface area contributed by atoms with Crippen LogP contribution in [0.5, 0.6) is 0 Å². The van der Waals surface area contributed by atoms with Gasteiger partial charge in [0.05, 0.1) is 22.8 Å². The molecule has 28 heavy (non-hydrogen) atoms. The van der Waals surface area contributed by atoms with Crippen molar-refractivity contribution >= 4 is 28.1 Å². The summed E-state index contributed by atoms with van der Waals surface area (Å²) >= 11 is 0. The SMILES string of the molecule is Cc1cnn2cc(C(=O)Nc3cc4[nH]c([C@H]5CCCN5C)cc4cn3)ccc12. The van der Waals surface area contributed by atoms with E-state index in [0.29, 0.717) is 17.4 Å². The van der Waals surface area contributed by atoms with Crippen molar-refractivity contribution in [2.75, 3.05) is 18.9 Å². The first kappa shape index (κ1) is 16.9. The highest BCUT2D eigenvalue weighted by molar-refractivity contribution is 6.04. The average molecular weight is 374 g/mol. The first-order chi connectivity index (χ1) is 13.6. The van der Waals surface area contributed by atoms with Crippen LogP contribution in [0, 0.1) is 6.92 Å². The van der Waals surface area contributed by atoms with E-state index in [4.69, 9.17) is 0 Å². The maximum atomic E-state index is 12.6. The second-order valence-corrected chi connectivity index (χ2v) is 7.55. The number of anilines is 1. The highest BCUT2D eigenvalue weighted by Crippen LogP contribution is 2.32. The number of carbonyl (C=O) groups is 1. The van der Waals surface area contributed by atoms with Crippen LogP contribution in [-0.2, 0) is 0 Å². The number of aromatic nitrogens is 4. The van der Waals surface area contributed by atoms with Gasteiger partial charge in [0.1, 0.15) is 5.82 Å². The fraction of sp³-hybridized carbons (Fsp3) is 0.286. The van der Waals surface area contributed by atoms with Crippen LogP contribution in [0.25, 0.3) is 16.4 Å². The molecule has 7 heteroatoms. The molecule has 142 valence electrons. The van der Waals surface area contributed by atoms with E-state index in [2.05, 4.69) is 38.4 Å². The predicted molar refractivity (Wildman–Crippen MR) is 109 cm³/mol. The number of likely N-dealkylation sites (tertiary alicyclic amines) is 1. The van der Waals surface area contributed by atoms with Crippen LogP contribution in [0.15, 0.2) is 42.9 Å². The summed E-state index contributed by atoms with van der Waals surface area (Å²) in [5.74, 6) is 0.326. The van der Waals surface area contributed by atoms with Crippen LogP contribution in [-0.4, -0.2) is 44.0 Å². The molecular formula is C21H22N6O. The van der Waals surface area contributed by atoms with Gasteiger partial charge in [-0.15, -0.1) is 0 Å². The standard InChI is InChI=1S/C21H22N6O/c1-13-10-23-27-12-14(5-6-18(13)27)21(28)25-20-9-16-15(11-22-20)8-17(24-16)19-4-3-7-26(19)2/h5-6,8-12,19,24H,3-4,7H2,1-2H3,(H,22,25,28)/t19-/m1/s1. The van der Waals surface area contributed by atoms with Crippen LogP contribution < -0.4 is 5.32 Å². The van der Waals surface area contributed by atoms with Crippen molar-refractivity contribution in [3.8, 4) is 0 Å². The number of nitrogens with zero attached hydrogens (tertiary/aromatic N) is 4. The van der Waals surface area contributed by atoms with Gasteiger partial charge in [-0.25, -0.2) is 9.50 Å². The van der Waals surface area contributed by atoms with E-state index in [-0.39, 0.29) is 5.91 Å². The number of rotatable bonds is 3. The van der Waals surface area contributed by atoms with E-state index < -0.39 is 0 Å². The van der Waals surface area contributed by atoms with Crippen LogP contribution in [0.3, 0.4) is 0 Å². The lowest BCUT2D eigenvalue weighted by Gasteiger charge is -2.17. The van der Waals surface area contributed by atoms with Crippen LogP contribution >= 0.6 is 0 Å². The third-order valence-electron chi connectivity index (χ3n) is 5.62. The smallest absolute Gasteiger partial charge is 0.258 e. The molecule has 4 aromatic rings. The van der Waals surface area contributed by atoms with Gasteiger partial charge in [0, 0.05) is 35.6 Å². The molecule has 1 saturated heterocycles. The Kier molecular flexibility index (Phi) is 3.91. The Morgan fingerprint density at radius 1 is 1.29 bits per heavy atom. The number of hydrogen-bond acceptors (Lipinski definition) is 4. The molecule has 0 aromatic carbocycles. The Balaban J connectivity index is 1.39. The zero-order chi connectivity index (χ0) is 19.3. The molecule has 1 amide bonds. The molecule has 1 aliphatic rings. The number of hydrogen-bond donors (Lipinski definition) is 2. The Labute approximate surface area is 162 Å². The number of aryl methyl sites for hydroxylation is 1. The number of carbonyl (C=O) groups excluding carboxylic acids is 1. The van der Waals surface area contributed by atoms with Crippen molar-refractivity contribution in [2.45, 2.75) is 25.8 Å². The molecule has 4 aromatic heterocycles. The van der Waals surface area contributed by atoms with Gasteiger partial charge in [-0.1, -0.05) is 0 Å². The maximum Gasteiger partial charge on any atom is 0.258 e. The Morgan fingerprint density at radius 2 is 2.18 bits per heavy atom. The molecule has 2 N–H and O–H groups in total. The maximum absolute atomic E-state index is 12.6. The number of nitrogens with one attached hydrogen (secondary N) is 2. The number of amides is 1. The molecule has 0 aliphatic carbocycles. The predicted octanol–water partition coefficient (Wildman–Crippen LogP) is 3.54. The van der Waals surface area contributed by atoms with Gasteiger partial charge in [-0.05, 0) is 57.1 Å². The summed E-state index contributed by atoms with van der Waals surface area (Å²) in [5.41, 5.74) is 4.80. The van der Waals surface area contributed by atoms with E-state index in [1.54, 1.807) is 29.2 Å². The van der Waals surface area contributed by atoms with E-state index in [1.165, 1.54) is 12.1 Å². The summed E-state index contributed by atoms with van der Waals surface area (Å²) in [6.07, 6.45) is 7.71. The van der Waals surface area contributed by atoms with Crippen molar-refractivity contribution in [3.05, 3.63) is 59.7 Å². The van der Waals surface area contributed by atoms with E-state index in [1.807, 2.05) is 19.1 Å². The third-order valence-corrected chi connectivity index (χ3v) is 5.62. The Morgan fingerprint density at radius 3 is 3.00 bits per heavy atom. The lowest BCUT2D eigenvalue weighted by atomic mass is 10.1. The van der Waals surface area contributed by atoms with E-state index >= 15 is 0 Å². The molecule has 0 bridgehead atoms. The second kappa shape index (κ2) is 6.45. The first-order valence-electron chi connectivity index (χ1n) is 9.53. The fourth-order valence-electron chi connectivity index (χ4n) is 4.03. The molecule has 1 aliphatic heterocycles. The summed E-state index contributed by atoms with van der Waals surface area (Å²) in [4.78, 5) is 22.9. The molecule has 5 rings (SSSR count). The Bertz CT molecular complexity index is 1190. The summed E-state index contributed by atoms with van der Waals surface area (Å²) in [7, 11) is 2.16. The summed E-state index contributed by atoms with van der Waals surface area (Å²) in [6.45, 7) is 3.12. The third kappa shape index (κ3) is 2.84. The highest BCUT2D eigenvalue weighted by atomic mass is 16.1. The van der Waals surface area contributed by atoms with Gasteiger partial charge in [0.2, 0.25) is 0 Å². The molecular weight excluding hydrogens is 352 g/mol. The van der Waals surface area contributed by atoms with Crippen molar-refractivity contribution < 1.29 is 4.79 Å². The molecule has 5 heterocycles. The first-order valence-corrected chi connectivity index (χ1v) is 9.53. The number of H-pyrrole nitrogens is 1. The lowest BCUT2D eigenvalue weighted by Crippen LogP contribution is -2.17. The fourth-order valence-corrected chi connectivity index (χ4v) is 4.03. The minimum absolute atomic E-state index is 0.204. The second-order valence-electron chi connectivity index (χ2n) is 7.55. The van der Waals surface area contributed by atoms with E-state index in [0.717, 1.165) is 34.9 Å². The molecule has 7 nitrogen and oxygen atoms in total. The van der Waals surface area contributed by atoms with Gasteiger partial charge in [0.25, 0.3) is 5.91 Å². The van der Waals surface area contributed by atoms with Crippen molar-refractivity contribution in [1.82, 2.24) is 24.5 Å². The molecule has 0 spiro atoms. The van der Waals surface area contributed by atoms with Crippen LogP contribution in [0.1, 0.15) is 40.5 Å². The summed E-state index contributed by atoms with van der Waals surface area (Å²) in [6, 6.07) is 8.19. The zero-order valence-corrected chi connectivity index (χ0v) is 15.9. The van der Waals surface area contributed by atoms with Gasteiger partial charge >= 0.3 is 0 Å². The average Bonchev–Trinajstić information content (AvgIpc) is 3.39. The quantitative estimate of drug-likeness (QED) is 0.575. The topological polar surface area (TPSA) is 78.3 Å². The molecule has 1 atom stereocenters. The minimum atomic E-state index is -0.204. The van der Waals surface area contributed by atoms with E-state index in [9.17, 15) is 4.79 Å².